The zero-order valence-corrected chi connectivity index (χ0v) is 63.1. The molecular formula is C79H77Cl3N8O25. The molecule has 8 aromatic rings. The molecule has 0 unspecified atom stereocenters. The van der Waals surface area contributed by atoms with Crippen molar-refractivity contribution in [3.8, 4) is 85.5 Å². The highest BCUT2D eigenvalue weighted by Crippen LogP contribution is 2.53. The molecule has 0 radical (unpaired) electrons. The third-order valence-corrected chi connectivity index (χ3v) is 21.2. The average Bonchev–Trinajstić information content (AvgIpc) is 0.764. The lowest BCUT2D eigenvalue weighted by atomic mass is 9.84. The molecule has 0 aliphatic carbocycles. The summed E-state index contributed by atoms with van der Waals surface area (Å²) in [6.07, 6.45) is -17.6. The quantitative estimate of drug-likeness (QED) is 0.0621. The minimum Gasteiger partial charge on any atom is -0.508 e. The number of fused-ring (bicyclic) bond motifs is 15. The fourth-order valence-corrected chi connectivity index (χ4v) is 14.7. The second-order valence-electron chi connectivity index (χ2n) is 28.1. The van der Waals surface area contributed by atoms with Crippen LogP contribution in [0.25, 0.3) is 22.3 Å². The van der Waals surface area contributed by atoms with Crippen LogP contribution in [0.3, 0.4) is 0 Å². The zero-order valence-electron chi connectivity index (χ0n) is 60.8. The number of methoxy groups -OCH3 is 1. The predicted molar refractivity (Wildman–Crippen MR) is 406 cm³/mol. The molecule has 20 N–H and O–H groups in total. The van der Waals surface area contributed by atoms with Crippen LogP contribution in [0.15, 0.2) is 146 Å². The Morgan fingerprint density at radius 3 is 1.87 bits per heavy atom. The van der Waals surface area contributed by atoms with Gasteiger partial charge in [-0.1, -0.05) is 95.5 Å². The molecule has 8 aromatic carbocycles. The van der Waals surface area contributed by atoms with Crippen LogP contribution in [-0.4, -0.2) is 179 Å². The summed E-state index contributed by atoms with van der Waals surface area (Å²) >= 11 is 20.3. The van der Waals surface area contributed by atoms with Crippen LogP contribution < -0.4 is 67.1 Å². The molecule has 2 fully saturated rings. The van der Waals surface area contributed by atoms with Crippen molar-refractivity contribution < 1.29 is 123 Å². The average molecular weight is 1640 g/mol. The fraction of sp³-hybridized carbons (Fsp3) is 0.304. The molecule has 6 amide bonds. The number of para-hydroxylation sites is 1. The van der Waals surface area contributed by atoms with Crippen molar-refractivity contribution in [2.45, 2.75) is 136 Å². The van der Waals surface area contributed by atoms with Gasteiger partial charge in [-0.3, -0.25) is 28.8 Å². The van der Waals surface area contributed by atoms with Gasteiger partial charge >= 0.3 is 5.97 Å². The number of carbonyl (C=O) groups excluding carboxylic acids is 6. The van der Waals surface area contributed by atoms with Crippen LogP contribution in [0.2, 0.25) is 15.1 Å². The number of aliphatic hydroxyl groups excluding tert-OH is 6. The number of carboxylic acids is 1. The Balaban J connectivity index is 0.954. The first-order valence-electron chi connectivity index (χ1n) is 35.7. The molecule has 7 heterocycles. The third-order valence-electron chi connectivity index (χ3n) is 20.3. The number of ether oxygens (including phenoxy) is 8. The topological polar surface area (TPSA) is 520 Å². The molecule has 17 atom stereocenters. The summed E-state index contributed by atoms with van der Waals surface area (Å²) in [6, 6.07) is 20.3. The lowest BCUT2D eigenvalue weighted by molar-refractivity contribution is -0.334. The van der Waals surface area contributed by atoms with Gasteiger partial charge in [0.05, 0.1) is 42.4 Å². The largest absolute Gasteiger partial charge is 0.508 e. The molecule has 2 saturated heterocycles. The number of rotatable bonds is 15. The van der Waals surface area contributed by atoms with Crippen LogP contribution in [0.1, 0.15) is 90.4 Å². The smallest absolute Gasteiger partial charge is 0.330 e. The first kappa shape index (κ1) is 81.9. The van der Waals surface area contributed by atoms with Crippen molar-refractivity contribution in [1.82, 2.24) is 31.9 Å². The Morgan fingerprint density at radius 1 is 0.635 bits per heavy atom. The summed E-state index contributed by atoms with van der Waals surface area (Å²) in [5.41, 5.74) is 10.9. The van der Waals surface area contributed by atoms with Crippen molar-refractivity contribution in [2.75, 3.05) is 13.7 Å². The summed E-state index contributed by atoms with van der Waals surface area (Å²) in [5, 5.41) is 130. The van der Waals surface area contributed by atoms with Crippen LogP contribution in [0.4, 0.5) is 0 Å². The van der Waals surface area contributed by atoms with Gasteiger partial charge in [-0.2, -0.15) is 0 Å². The lowest BCUT2D eigenvalue weighted by Crippen LogP contribution is -2.65. The van der Waals surface area contributed by atoms with Crippen molar-refractivity contribution in [3.05, 3.63) is 194 Å². The number of hydrogen-bond donors (Lipinski definition) is 18. The first-order valence-corrected chi connectivity index (χ1v) is 36.8. The minimum absolute atomic E-state index is 0.0917. The fourth-order valence-electron chi connectivity index (χ4n) is 14.1. The van der Waals surface area contributed by atoms with E-state index in [4.69, 9.17) is 84.2 Å². The molecule has 0 spiro atoms. The number of primary amides is 1. The number of hydrogen-bond acceptors (Lipinski definition) is 26. The predicted octanol–water partition coefficient (Wildman–Crippen LogP) is 5.27. The van der Waals surface area contributed by atoms with E-state index < -0.39 is 225 Å². The molecule has 15 rings (SSSR count). The monoisotopic (exact) mass is 1640 g/mol. The first-order chi connectivity index (χ1) is 54.8. The number of aliphatic hydroxyl groups is 6. The second kappa shape index (κ2) is 33.7. The van der Waals surface area contributed by atoms with Gasteiger partial charge in [0.25, 0.3) is 0 Å². The molecule has 0 saturated carbocycles. The Bertz CT molecular complexity index is 5110. The van der Waals surface area contributed by atoms with E-state index in [1.165, 1.54) is 49.6 Å². The Kier molecular flexibility index (Phi) is 24.0. The Morgan fingerprint density at radius 2 is 1.24 bits per heavy atom. The van der Waals surface area contributed by atoms with E-state index in [1.54, 1.807) is 26.0 Å². The van der Waals surface area contributed by atoms with Crippen LogP contribution in [-0.2, 0) is 54.3 Å². The molecule has 33 nitrogen and oxygen atoms in total. The minimum atomic E-state index is -2.29. The molecular weight excluding hydrogens is 1570 g/mol. The number of aromatic hydroxyl groups is 3. The summed E-state index contributed by atoms with van der Waals surface area (Å²) in [5.74, 6) is -15.4. The molecule has 604 valence electrons. The molecule has 115 heavy (non-hydrogen) atoms. The van der Waals surface area contributed by atoms with Crippen LogP contribution in [0, 0.1) is 0 Å². The highest BCUT2D eigenvalue weighted by atomic mass is 35.5. The molecule has 7 aliphatic rings. The maximum absolute atomic E-state index is 16.0. The van der Waals surface area contributed by atoms with Gasteiger partial charge in [-0.15, -0.1) is 0 Å². The van der Waals surface area contributed by atoms with Crippen molar-refractivity contribution in [2.24, 2.45) is 11.5 Å². The molecule has 36 heteroatoms. The summed E-state index contributed by atoms with van der Waals surface area (Å²) in [7, 11) is 1.25. The van der Waals surface area contributed by atoms with Gasteiger partial charge in [-0.05, 0) is 132 Å². The van der Waals surface area contributed by atoms with Crippen molar-refractivity contribution >= 4 is 76.2 Å². The van der Waals surface area contributed by atoms with Crippen LogP contribution in [0.5, 0.6) is 63.2 Å². The third kappa shape index (κ3) is 17.2. The standard InChI is InChI=1S/C79H77Cl3N8O25/c1-32-71(100)79(2,85-30-33-7-9-34(10-8-33)35-11-16-40(80)17-12-35)29-57(109-32)114-70-67(99)66(98)55(31-91)113-78(70)115-68-51(108-3)5-4-6-52(68)112-69-53-24-39-25-54(69)111-50-20-15-38(23-45(50)82)65(97)63-76(105)89-62(77(106)107)43-26-41(92)27-48(94)58(43)42-21-36(13-18-47(42)93)60(74(103)90-63)88-75(104)61(39)87-72(101)46(28-56(83)95)86-73(102)59(84)64(96)37-14-19-49(110-53)44(81)22-37/h4-27,32,46,55,57,59-67,70-71,78,85,91-94,96-100H,28-31,84H2,1-3H3,(H2,83,95)(H,86,102)(H,87,101)(H,88,104)(H,89,105)(H,90,103)(H,106,107)/t32-,46-,55+,57-,59+,60+,61+,62-,63-,64+,65+,66+,67-,70+,71+,78-,79-/m0/s1. The van der Waals surface area contributed by atoms with E-state index in [9.17, 15) is 70.2 Å². The Labute approximate surface area is 668 Å². The molecule has 0 aromatic heterocycles. The molecule has 7 aliphatic heterocycles. The highest BCUT2D eigenvalue weighted by molar-refractivity contribution is 6.32. The summed E-state index contributed by atoms with van der Waals surface area (Å²) in [6.45, 7) is 2.72. The number of nitrogens with one attached hydrogen (secondary N) is 6. The maximum Gasteiger partial charge on any atom is 0.330 e. The maximum atomic E-state index is 16.0. The van der Waals surface area contributed by atoms with Crippen molar-refractivity contribution in [1.29, 1.82) is 0 Å². The van der Waals surface area contributed by atoms with Gasteiger partial charge in [0.1, 0.15) is 89.5 Å². The van der Waals surface area contributed by atoms with Gasteiger partial charge in [0.2, 0.25) is 53.2 Å². The zero-order chi connectivity index (χ0) is 82.3. The van der Waals surface area contributed by atoms with Gasteiger partial charge in [-0.25, -0.2) is 4.79 Å². The van der Waals surface area contributed by atoms with Gasteiger partial charge < -0.3 is 132 Å². The highest BCUT2D eigenvalue weighted by Gasteiger charge is 2.52. The van der Waals surface area contributed by atoms with E-state index in [0.717, 1.165) is 71.3 Å². The van der Waals surface area contributed by atoms with E-state index >= 15 is 14.4 Å². The lowest BCUT2D eigenvalue weighted by Gasteiger charge is -2.48. The number of aliphatic carboxylic acids is 1. The van der Waals surface area contributed by atoms with E-state index in [0.29, 0.717) is 5.02 Å². The molecule has 11 bridgehead atoms. The number of benzene rings is 8. The van der Waals surface area contributed by atoms with Crippen molar-refractivity contribution in [3.63, 3.8) is 0 Å². The number of halogens is 3. The second-order valence-corrected chi connectivity index (χ2v) is 29.4. The van der Waals surface area contributed by atoms with E-state index in [-0.39, 0.29) is 57.7 Å². The Hall–Kier alpha value is -11.1. The summed E-state index contributed by atoms with van der Waals surface area (Å²) < 4.78 is 52.0. The summed E-state index contributed by atoms with van der Waals surface area (Å²) in [4.78, 5) is 102. The van der Waals surface area contributed by atoms with Gasteiger partial charge in [0.15, 0.2) is 41.4 Å². The number of phenolic OH excluding ortho intramolecular Hbond substituents is 3. The normalized spacial score (nSPS) is 26.9. The van der Waals surface area contributed by atoms with E-state index in [1.807, 2.05) is 36.4 Å². The number of phenols is 3. The number of carbonyl (C=O) groups is 7. The number of nitrogens with two attached hydrogens (primary N) is 2. The van der Waals surface area contributed by atoms with Gasteiger partial charge in [0, 0.05) is 46.3 Å². The SMILES string of the molecule is COc1cccc(Oc2c3cc4cc2Oc2ccc(cc2Cl)[C@@H](O)[C@@H](N)C(=O)N[C@@H](CC(N)=O)C(=O)N[C@H]4C(=O)N[C@H]2C(=O)N[C@H](C(=O)N[C@H](C(=O)O)c4cc(O)cc(O)c4-c4cc2ccc4O)[C@H](O)c2ccc(c(Cl)c2)O3)c1O[C@@H]1O[C@H](CO)[C@@H](O)[C@H](O)[C@H]1O[C@H]1C[C@](C)(NCc2ccc(-c3ccc(Cl)cc3)cc2)[C@H](O)[C@H](C)O1. The van der Waals surface area contributed by atoms with E-state index in [2.05, 4.69) is 31.9 Å². The number of amides is 6. The number of carboxylic acid groups (broad SMARTS) is 1. The van der Waals surface area contributed by atoms with Crippen LogP contribution >= 0.6 is 34.8 Å².